The van der Waals surface area contributed by atoms with E-state index in [0.29, 0.717) is 12.6 Å². The molecule has 0 radical (unpaired) electrons. The molecular weight excluding hydrogens is 318 g/mol. The van der Waals surface area contributed by atoms with Crippen molar-refractivity contribution >= 4 is 5.91 Å². The molecule has 7 heteroatoms. The molecule has 7 nitrogen and oxygen atoms in total. The maximum Gasteiger partial charge on any atom is 0.237 e. The van der Waals surface area contributed by atoms with Crippen LogP contribution < -0.4 is 5.32 Å². The summed E-state index contributed by atoms with van der Waals surface area (Å²) in [4.78, 5) is 17.0. The van der Waals surface area contributed by atoms with Crippen molar-refractivity contribution in [2.75, 3.05) is 32.8 Å². The fourth-order valence-corrected chi connectivity index (χ4v) is 3.81. The molecule has 138 valence electrons. The number of aryl methyl sites for hydroxylation is 1. The predicted molar refractivity (Wildman–Crippen MR) is 94.0 cm³/mol. The number of rotatable bonds is 5. The molecule has 1 saturated carbocycles. The van der Waals surface area contributed by atoms with Crippen molar-refractivity contribution in [2.45, 2.75) is 51.4 Å². The molecule has 3 aliphatic rings. The number of aromatic nitrogens is 2. The summed E-state index contributed by atoms with van der Waals surface area (Å²) in [6.07, 6.45) is 3.21. The van der Waals surface area contributed by atoms with Gasteiger partial charge in [-0.15, -0.1) is 0 Å². The van der Waals surface area contributed by atoms with Gasteiger partial charge in [-0.3, -0.25) is 19.3 Å². The van der Waals surface area contributed by atoms with Crippen LogP contribution in [0.1, 0.15) is 36.7 Å². The van der Waals surface area contributed by atoms with E-state index < -0.39 is 0 Å². The molecule has 1 amide bonds. The number of carbonyl (C=O) groups excluding carboxylic acids is 1. The zero-order chi connectivity index (χ0) is 17.4. The number of hydrogen-bond donors (Lipinski definition) is 1. The minimum absolute atomic E-state index is 0.0272. The summed E-state index contributed by atoms with van der Waals surface area (Å²) in [5, 5.41) is 7.78. The Morgan fingerprint density at radius 3 is 2.80 bits per heavy atom. The second kappa shape index (κ2) is 7.05. The molecule has 0 aromatic carbocycles. The van der Waals surface area contributed by atoms with Gasteiger partial charge in [-0.05, 0) is 19.8 Å². The molecule has 2 aliphatic heterocycles. The highest BCUT2D eigenvalue weighted by Crippen LogP contribution is 2.22. The molecule has 0 bridgehead atoms. The van der Waals surface area contributed by atoms with E-state index in [1.165, 1.54) is 17.0 Å². The van der Waals surface area contributed by atoms with Gasteiger partial charge in [-0.1, -0.05) is 0 Å². The van der Waals surface area contributed by atoms with Crippen LogP contribution in [0.3, 0.4) is 0 Å². The summed E-state index contributed by atoms with van der Waals surface area (Å²) in [5.41, 5.74) is 3.77. The van der Waals surface area contributed by atoms with E-state index in [2.05, 4.69) is 20.2 Å². The standard InChI is InChI=1S/C18H29N5O2/c1-13(18(24)19-14-3-4-14)23-8-6-22(7-9-23)11-17-15-12-25-10-5-16(15)20-21(17)2/h13-14H,3-12H2,1-2H3,(H,19,24). The Balaban J connectivity index is 1.32. The van der Waals surface area contributed by atoms with E-state index in [1.54, 1.807) is 0 Å². The second-order valence-electron chi connectivity index (χ2n) is 7.57. The quantitative estimate of drug-likeness (QED) is 0.829. The lowest BCUT2D eigenvalue weighted by atomic mass is 10.1. The first-order valence-electron chi connectivity index (χ1n) is 9.50. The van der Waals surface area contributed by atoms with Crippen LogP contribution in [0.2, 0.25) is 0 Å². The number of piperazine rings is 1. The largest absolute Gasteiger partial charge is 0.376 e. The molecule has 1 saturated heterocycles. The molecular formula is C18H29N5O2. The molecule has 0 spiro atoms. The number of nitrogens with one attached hydrogen (secondary N) is 1. The highest BCUT2D eigenvalue weighted by atomic mass is 16.5. The van der Waals surface area contributed by atoms with Crippen molar-refractivity contribution in [1.82, 2.24) is 24.9 Å². The van der Waals surface area contributed by atoms with Crippen LogP contribution in [0.25, 0.3) is 0 Å². The Hall–Kier alpha value is -1.44. The maximum absolute atomic E-state index is 12.2. The third-order valence-corrected chi connectivity index (χ3v) is 5.72. The summed E-state index contributed by atoms with van der Waals surface area (Å²) in [5.74, 6) is 0.189. The zero-order valence-corrected chi connectivity index (χ0v) is 15.3. The molecule has 1 atom stereocenters. The highest BCUT2D eigenvalue weighted by molar-refractivity contribution is 5.81. The molecule has 3 heterocycles. The van der Waals surface area contributed by atoms with E-state index >= 15 is 0 Å². The summed E-state index contributed by atoms with van der Waals surface area (Å²) in [7, 11) is 2.04. The van der Waals surface area contributed by atoms with Crippen molar-refractivity contribution in [1.29, 1.82) is 0 Å². The van der Waals surface area contributed by atoms with Crippen LogP contribution in [0.5, 0.6) is 0 Å². The molecule has 1 aromatic rings. The van der Waals surface area contributed by atoms with Gasteiger partial charge >= 0.3 is 0 Å². The van der Waals surface area contributed by atoms with E-state index in [-0.39, 0.29) is 11.9 Å². The summed E-state index contributed by atoms with van der Waals surface area (Å²) < 4.78 is 7.65. The second-order valence-corrected chi connectivity index (χ2v) is 7.57. The third-order valence-electron chi connectivity index (χ3n) is 5.72. The van der Waals surface area contributed by atoms with Crippen molar-refractivity contribution in [3.8, 4) is 0 Å². The minimum Gasteiger partial charge on any atom is -0.376 e. The highest BCUT2D eigenvalue weighted by Gasteiger charge is 2.30. The Morgan fingerprint density at radius 1 is 1.32 bits per heavy atom. The van der Waals surface area contributed by atoms with Crippen LogP contribution in [-0.2, 0) is 36.2 Å². The Bertz CT molecular complexity index is 632. The van der Waals surface area contributed by atoms with Crippen LogP contribution in [-0.4, -0.2) is 70.4 Å². The first-order chi connectivity index (χ1) is 12.1. The van der Waals surface area contributed by atoms with Crippen LogP contribution in [0.15, 0.2) is 0 Å². The number of fused-ring (bicyclic) bond motifs is 1. The summed E-state index contributed by atoms with van der Waals surface area (Å²) >= 11 is 0. The van der Waals surface area contributed by atoms with Crippen molar-refractivity contribution < 1.29 is 9.53 Å². The number of nitrogens with zero attached hydrogens (tertiary/aromatic N) is 4. The normalized spacial score (nSPS) is 23.3. The summed E-state index contributed by atoms with van der Waals surface area (Å²) in [6, 6.07) is 0.412. The van der Waals surface area contributed by atoms with Gasteiger partial charge in [0.15, 0.2) is 0 Å². The zero-order valence-electron chi connectivity index (χ0n) is 15.3. The number of amides is 1. The fourth-order valence-electron chi connectivity index (χ4n) is 3.81. The smallest absolute Gasteiger partial charge is 0.237 e. The Morgan fingerprint density at radius 2 is 2.08 bits per heavy atom. The van der Waals surface area contributed by atoms with Crippen molar-refractivity contribution in [2.24, 2.45) is 7.05 Å². The van der Waals surface area contributed by atoms with E-state index in [0.717, 1.165) is 58.6 Å². The van der Waals surface area contributed by atoms with Gasteiger partial charge < -0.3 is 10.1 Å². The SMILES string of the molecule is CC(C(=O)NC1CC1)N1CCN(Cc2c3c(nn2C)CCOC3)CC1. The lowest BCUT2D eigenvalue weighted by Crippen LogP contribution is -2.54. The molecule has 1 aliphatic carbocycles. The Kier molecular flexibility index (Phi) is 4.80. The van der Waals surface area contributed by atoms with Gasteiger partial charge in [0.1, 0.15) is 0 Å². The molecule has 2 fully saturated rings. The Labute approximate surface area is 149 Å². The number of ether oxygens (including phenoxy) is 1. The topological polar surface area (TPSA) is 62.6 Å². The lowest BCUT2D eigenvalue weighted by molar-refractivity contribution is -0.126. The third kappa shape index (κ3) is 3.73. The van der Waals surface area contributed by atoms with Gasteiger partial charge in [0.25, 0.3) is 0 Å². The average molecular weight is 347 g/mol. The number of carbonyl (C=O) groups is 1. The monoisotopic (exact) mass is 347 g/mol. The molecule has 1 N–H and O–H groups in total. The molecule has 1 aromatic heterocycles. The summed E-state index contributed by atoms with van der Waals surface area (Å²) in [6.45, 7) is 8.27. The molecule has 25 heavy (non-hydrogen) atoms. The van der Waals surface area contributed by atoms with Gasteiger partial charge in [0, 0.05) is 57.8 Å². The maximum atomic E-state index is 12.2. The van der Waals surface area contributed by atoms with Crippen molar-refractivity contribution in [3.63, 3.8) is 0 Å². The first-order valence-corrected chi connectivity index (χ1v) is 9.50. The molecule has 1 unspecified atom stereocenters. The van der Waals surface area contributed by atoms with Gasteiger partial charge in [-0.2, -0.15) is 5.10 Å². The van der Waals surface area contributed by atoms with Crippen LogP contribution in [0, 0.1) is 0 Å². The fraction of sp³-hybridized carbons (Fsp3) is 0.778. The molecule has 4 rings (SSSR count). The lowest BCUT2D eigenvalue weighted by Gasteiger charge is -2.37. The minimum atomic E-state index is -0.0272. The average Bonchev–Trinajstić information content (AvgIpc) is 3.38. The van der Waals surface area contributed by atoms with Gasteiger partial charge in [-0.25, -0.2) is 0 Å². The van der Waals surface area contributed by atoms with E-state index in [1.807, 2.05) is 18.7 Å². The van der Waals surface area contributed by atoms with Gasteiger partial charge in [0.2, 0.25) is 5.91 Å². The van der Waals surface area contributed by atoms with Crippen molar-refractivity contribution in [3.05, 3.63) is 17.0 Å². The van der Waals surface area contributed by atoms with Crippen LogP contribution >= 0.6 is 0 Å². The van der Waals surface area contributed by atoms with Gasteiger partial charge in [0.05, 0.1) is 30.6 Å². The van der Waals surface area contributed by atoms with Crippen LogP contribution in [0.4, 0.5) is 0 Å². The van der Waals surface area contributed by atoms with E-state index in [9.17, 15) is 4.79 Å². The predicted octanol–water partition coefficient (Wildman–Crippen LogP) is 0.278. The first kappa shape index (κ1) is 17.0. The number of hydrogen-bond acceptors (Lipinski definition) is 5. The van der Waals surface area contributed by atoms with E-state index in [4.69, 9.17) is 4.74 Å².